The van der Waals surface area contributed by atoms with Crippen molar-refractivity contribution in [1.82, 2.24) is 10.2 Å². The number of carbonyl (C=O) groups excluding carboxylic acids is 2. The lowest BCUT2D eigenvalue weighted by Crippen LogP contribution is -2.45. The van der Waals surface area contributed by atoms with Crippen LogP contribution in [0.25, 0.3) is 0 Å². The molecule has 0 fully saturated rings. The smallest absolute Gasteiger partial charge is 0.324 e. The van der Waals surface area contributed by atoms with Gasteiger partial charge >= 0.3 is 12.0 Å². The Balaban J connectivity index is 2.54. The number of aliphatic imine (C=N–C) groups is 1. The maximum absolute atomic E-state index is 12.4. The number of rotatable bonds is 11. The van der Waals surface area contributed by atoms with Gasteiger partial charge in [-0.05, 0) is 24.8 Å². The highest BCUT2D eigenvalue weighted by atomic mass is 16.4. The molecule has 0 unspecified atom stereocenters. The van der Waals surface area contributed by atoms with Crippen molar-refractivity contribution in [1.29, 1.82) is 0 Å². The summed E-state index contributed by atoms with van der Waals surface area (Å²) in [7, 11) is 0. The molecule has 9 nitrogen and oxygen atoms in total. The molecule has 0 aromatic heterocycles. The van der Waals surface area contributed by atoms with Gasteiger partial charge in [0.1, 0.15) is 0 Å². The third-order valence-corrected chi connectivity index (χ3v) is 3.72. The van der Waals surface area contributed by atoms with Crippen LogP contribution in [-0.2, 0) is 16.0 Å². The van der Waals surface area contributed by atoms with E-state index in [4.69, 9.17) is 16.6 Å². The summed E-state index contributed by atoms with van der Waals surface area (Å²) in [5.74, 6) is -1.56. The number of carbonyl (C=O) groups is 3. The van der Waals surface area contributed by atoms with Crippen molar-refractivity contribution in [2.24, 2.45) is 16.5 Å². The number of unbranched alkanes of at least 4 members (excludes halogenated alkanes) is 1. The molecule has 0 aliphatic carbocycles. The highest BCUT2D eigenvalue weighted by Crippen LogP contribution is 2.05. The van der Waals surface area contributed by atoms with Gasteiger partial charge in [0.25, 0.3) is 0 Å². The van der Waals surface area contributed by atoms with Gasteiger partial charge in [0, 0.05) is 26.1 Å². The molecule has 148 valence electrons. The maximum atomic E-state index is 12.4. The van der Waals surface area contributed by atoms with Crippen molar-refractivity contribution in [3.63, 3.8) is 0 Å². The largest absolute Gasteiger partial charge is 0.481 e. The van der Waals surface area contributed by atoms with Gasteiger partial charge in [0.2, 0.25) is 5.91 Å². The van der Waals surface area contributed by atoms with E-state index in [1.807, 2.05) is 30.3 Å². The van der Waals surface area contributed by atoms with E-state index in [0.29, 0.717) is 32.4 Å². The Labute approximate surface area is 158 Å². The van der Waals surface area contributed by atoms with E-state index in [-0.39, 0.29) is 25.3 Å². The molecule has 0 aliphatic rings. The van der Waals surface area contributed by atoms with Gasteiger partial charge in [-0.25, -0.2) is 4.79 Å². The van der Waals surface area contributed by atoms with Gasteiger partial charge in [-0.1, -0.05) is 30.3 Å². The number of amides is 3. The normalized spacial score (nSPS) is 10.1. The van der Waals surface area contributed by atoms with Gasteiger partial charge in [0.05, 0.1) is 6.42 Å². The Morgan fingerprint density at radius 2 is 1.78 bits per heavy atom. The van der Waals surface area contributed by atoms with Crippen LogP contribution in [0.2, 0.25) is 0 Å². The highest BCUT2D eigenvalue weighted by molar-refractivity contribution is 5.95. The number of imide groups is 1. The SMILES string of the molecule is NC(N)=NCCCCNC(=O)N(CCc1ccccc1)C(=O)CCC(=O)O. The molecule has 0 spiro atoms. The monoisotopic (exact) mass is 377 g/mol. The molecule has 0 bridgehead atoms. The molecule has 1 rings (SSSR count). The van der Waals surface area contributed by atoms with E-state index in [9.17, 15) is 14.4 Å². The first kappa shape index (κ1) is 21.9. The Hall–Kier alpha value is -3.10. The van der Waals surface area contributed by atoms with Gasteiger partial charge in [0.15, 0.2) is 5.96 Å². The Bertz CT molecular complexity index is 644. The molecular weight excluding hydrogens is 350 g/mol. The fraction of sp³-hybridized carbons (Fsp3) is 0.444. The van der Waals surface area contributed by atoms with E-state index < -0.39 is 17.9 Å². The average Bonchev–Trinajstić information content (AvgIpc) is 2.63. The van der Waals surface area contributed by atoms with E-state index in [1.165, 1.54) is 0 Å². The first-order chi connectivity index (χ1) is 12.9. The second-order valence-corrected chi connectivity index (χ2v) is 5.92. The van der Waals surface area contributed by atoms with Crippen LogP contribution in [0.5, 0.6) is 0 Å². The summed E-state index contributed by atoms with van der Waals surface area (Å²) in [6.07, 6.45) is 1.31. The number of nitrogens with one attached hydrogen (secondary N) is 1. The number of hydrogen-bond donors (Lipinski definition) is 4. The predicted molar refractivity (Wildman–Crippen MR) is 102 cm³/mol. The number of nitrogens with zero attached hydrogens (tertiary/aromatic N) is 2. The lowest BCUT2D eigenvalue weighted by Gasteiger charge is -2.21. The van der Waals surface area contributed by atoms with E-state index >= 15 is 0 Å². The van der Waals surface area contributed by atoms with Crippen LogP contribution in [0, 0.1) is 0 Å². The van der Waals surface area contributed by atoms with Crippen LogP contribution in [0.1, 0.15) is 31.2 Å². The summed E-state index contributed by atoms with van der Waals surface area (Å²) in [6.45, 7) is 1.02. The zero-order valence-corrected chi connectivity index (χ0v) is 15.3. The van der Waals surface area contributed by atoms with Crippen LogP contribution >= 0.6 is 0 Å². The van der Waals surface area contributed by atoms with Gasteiger partial charge < -0.3 is 21.9 Å². The summed E-state index contributed by atoms with van der Waals surface area (Å²) in [5.41, 5.74) is 11.4. The van der Waals surface area contributed by atoms with Crippen LogP contribution < -0.4 is 16.8 Å². The topological polar surface area (TPSA) is 151 Å². The molecule has 0 saturated heterocycles. The number of aliphatic carboxylic acids is 1. The van der Waals surface area contributed by atoms with E-state index in [2.05, 4.69) is 10.3 Å². The molecule has 0 aliphatic heterocycles. The van der Waals surface area contributed by atoms with Gasteiger partial charge in [-0.2, -0.15) is 0 Å². The molecule has 0 atom stereocenters. The van der Waals surface area contributed by atoms with Gasteiger partial charge in [-0.15, -0.1) is 0 Å². The third-order valence-electron chi connectivity index (χ3n) is 3.72. The van der Waals surface area contributed by atoms with Gasteiger partial charge in [-0.3, -0.25) is 19.5 Å². The quantitative estimate of drug-likeness (QED) is 0.253. The standard InChI is InChI=1S/C18H27N5O4/c19-17(20)21-11-4-5-12-22-18(27)23(15(24)8-9-16(25)26)13-10-14-6-2-1-3-7-14/h1-3,6-7H,4-5,8-13H2,(H,22,27)(H,25,26)(H4,19,20,21). The number of urea groups is 1. The van der Waals surface area contributed by atoms with Crippen molar-refractivity contribution in [3.05, 3.63) is 35.9 Å². The van der Waals surface area contributed by atoms with Crippen molar-refractivity contribution in [3.8, 4) is 0 Å². The van der Waals surface area contributed by atoms with Crippen LogP contribution in [0.15, 0.2) is 35.3 Å². The minimum absolute atomic E-state index is 0.0233. The Kier molecular flexibility index (Phi) is 9.98. The zero-order valence-electron chi connectivity index (χ0n) is 15.3. The minimum Gasteiger partial charge on any atom is -0.481 e. The van der Waals surface area contributed by atoms with Crippen LogP contribution in [-0.4, -0.2) is 53.5 Å². The van der Waals surface area contributed by atoms with Crippen molar-refractivity contribution in [2.75, 3.05) is 19.6 Å². The molecule has 1 aromatic carbocycles. The highest BCUT2D eigenvalue weighted by Gasteiger charge is 2.21. The average molecular weight is 377 g/mol. The molecular formula is C18H27N5O4. The number of benzene rings is 1. The summed E-state index contributed by atoms with van der Waals surface area (Å²) in [5, 5.41) is 11.4. The van der Waals surface area contributed by atoms with Crippen molar-refractivity contribution in [2.45, 2.75) is 32.1 Å². The van der Waals surface area contributed by atoms with Crippen molar-refractivity contribution >= 4 is 23.9 Å². The first-order valence-corrected chi connectivity index (χ1v) is 8.79. The van der Waals surface area contributed by atoms with Crippen LogP contribution in [0.4, 0.5) is 4.79 Å². The molecule has 6 N–H and O–H groups in total. The van der Waals surface area contributed by atoms with Crippen LogP contribution in [0.3, 0.4) is 0 Å². The molecule has 27 heavy (non-hydrogen) atoms. The Morgan fingerprint density at radius 3 is 2.41 bits per heavy atom. The summed E-state index contributed by atoms with van der Waals surface area (Å²) in [4.78, 5) is 40.3. The number of hydrogen-bond acceptors (Lipinski definition) is 4. The fourth-order valence-electron chi connectivity index (χ4n) is 2.31. The molecule has 0 radical (unpaired) electrons. The minimum atomic E-state index is -1.08. The lowest BCUT2D eigenvalue weighted by atomic mass is 10.1. The zero-order chi connectivity index (χ0) is 20.1. The maximum Gasteiger partial charge on any atom is 0.324 e. The third kappa shape index (κ3) is 9.83. The lowest BCUT2D eigenvalue weighted by molar-refractivity contribution is -0.140. The molecule has 1 aromatic rings. The Morgan fingerprint density at radius 1 is 1.07 bits per heavy atom. The molecule has 3 amide bonds. The second-order valence-electron chi connectivity index (χ2n) is 5.92. The molecule has 9 heteroatoms. The number of nitrogens with two attached hydrogens (primary N) is 2. The molecule has 0 saturated carbocycles. The second kappa shape index (κ2) is 12.3. The molecule has 0 heterocycles. The summed E-state index contributed by atoms with van der Waals surface area (Å²) in [6, 6.07) is 8.92. The van der Waals surface area contributed by atoms with E-state index in [0.717, 1.165) is 10.5 Å². The summed E-state index contributed by atoms with van der Waals surface area (Å²) >= 11 is 0. The van der Waals surface area contributed by atoms with E-state index in [1.54, 1.807) is 0 Å². The number of carboxylic acids is 1. The summed E-state index contributed by atoms with van der Waals surface area (Å²) < 4.78 is 0. The predicted octanol–water partition coefficient (Wildman–Crippen LogP) is 0.686. The number of guanidine groups is 1. The fourth-order valence-corrected chi connectivity index (χ4v) is 2.31. The number of carboxylic acid groups (broad SMARTS) is 1. The van der Waals surface area contributed by atoms with Crippen molar-refractivity contribution < 1.29 is 19.5 Å². The first-order valence-electron chi connectivity index (χ1n) is 8.79.